The first-order valence-electron chi connectivity index (χ1n) is 10.7. The number of thiophene rings is 1. The minimum Gasteiger partial charge on any atom is -0.481 e. The standard InChI is InChI=1S/C24H23N5O2S/c30-23(31)17-9-6-12-29(14-17)24-27-21(26-13-18-10-4-5-11-25-18)20-19(15-32-22(20)28-24)16-7-2-1-3-8-16/h1-5,7-8,10-11,15,17H,6,9,12-14H2,(H,30,31)(H,26,27,28)/t17-/m0/s1. The van der Waals surface area contributed by atoms with Gasteiger partial charge in [0.25, 0.3) is 0 Å². The third kappa shape index (κ3) is 4.13. The lowest BCUT2D eigenvalue weighted by Gasteiger charge is -2.31. The quantitative estimate of drug-likeness (QED) is 0.446. The number of pyridine rings is 1. The van der Waals surface area contributed by atoms with Crippen molar-refractivity contribution in [2.75, 3.05) is 23.3 Å². The fourth-order valence-electron chi connectivity index (χ4n) is 4.07. The van der Waals surface area contributed by atoms with Gasteiger partial charge in [-0.05, 0) is 30.5 Å². The number of aromatic nitrogens is 3. The number of carboxylic acids is 1. The summed E-state index contributed by atoms with van der Waals surface area (Å²) in [6.45, 7) is 1.72. The second kappa shape index (κ2) is 8.92. The Labute approximate surface area is 189 Å². The van der Waals surface area contributed by atoms with Crippen LogP contribution in [0, 0.1) is 5.92 Å². The summed E-state index contributed by atoms with van der Waals surface area (Å²) in [6.07, 6.45) is 3.28. The summed E-state index contributed by atoms with van der Waals surface area (Å²) in [7, 11) is 0. The molecule has 1 aromatic carbocycles. The van der Waals surface area contributed by atoms with Gasteiger partial charge >= 0.3 is 5.97 Å². The van der Waals surface area contributed by atoms with Crippen molar-refractivity contribution in [3.63, 3.8) is 0 Å². The normalized spacial score (nSPS) is 16.2. The van der Waals surface area contributed by atoms with E-state index in [1.807, 2.05) is 41.3 Å². The third-order valence-corrected chi connectivity index (χ3v) is 6.60. The maximum atomic E-state index is 11.5. The van der Waals surface area contributed by atoms with Crippen LogP contribution < -0.4 is 10.2 Å². The minimum atomic E-state index is -0.758. The van der Waals surface area contributed by atoms with Gasteiger partial charge in [0.15, 0.2) is 0 Å². The molecule has 0 radical (unpaired) electrons. The summed E-state index contributed by atoms with van der Waals surface area (Å²) in [5.74, 6) is 0.171. The Morgan fingerprint density at radius 3 is 2.78 bits per heavy atom. The number of piperidine rings is 1. The minimum absolute atomic E-state index is 0.392. The van der Waals surface area contributed by atoms with Crippen LogP contribution in [0.2, 0.25) is 0 Å². The van der Waals surface area contributed by atoms with Crippen LogP contribution in [0.15, 0.2) is 60.1 Å². The van der Waals surface area contributed by atoms with Gasteiger partial charge < -0.3 is 15.3 Å². The molecule has 0 amide bonds. The molecule has 1 fully saturated rings. The zero-order valence-corrected chi connectivity index (χ0v) is 18.3. The van der Waals surface area contributed by atoms with E-state index in [-0.39, 0.29) is 0 Å². The molecular formula is C24H23N5O2S. The summed E-state index contributed by atoms with van der Waals surface area (Å²) in [5.41, 5.74) is 3.11. The Bertz CT molecular complexity index is 1230. The highest BCUT2D eigenvalue weighted by molar-refractivity contribution is 7.17. The van der Waals surface area contributed by atoms with Crippen molar-refractivity contribution in [2.24, 2.45) is 5.92 Å². The van der Waals surface area contributed by atoms with Gasteiger partial charge in [-0.2, -0.15) is 4.98 Å². The number of nitrogens with one attached hydrogen (secondary N) is 1. The number of fused-ring (bicyclic) bond motifs is 1. The topological polar surface area (TPSA) is 91.2 Å². The number of aliphatic carboxylic acids is 1. The van der Waals surface area contributed by atoms with Crippen LogP contribution in [0.25, 0.3) is 21.3 Å². The zero-order chi connectivity index (χ0) is 21.9. The van der Waals surface area contributed by atoms with Gasteiger partial charge in [-0.1, -0.05) is 36.4 Å². The summed E-state index contributed by atoms with van der Waals surface area (Å²) < 4.78 is 0. The van der Waals surface area contributed by atoms with Crippen LogP contribution in [0.4, 0.5) is 11.8 Å². The molecule has 4 heterocycles. The first-order chi connectivity index (χ1) is 15.7. The maximum absolute atomic E-state index is 11.5. The lowest BCUT2D eigenvalue weighted by Crippen LogP contribution is -2.39. The van der Waals surface area contributed by atoms with Crippen molar-refractivity contribution in [3.8, 4) is 11.1 Å². The molecular weight excluding hydrogens is 422 g/mol. The fourth-order valence-corrected chi connectivity index (χ4v) is 5.01. The number of carboxylic acid groups (broad SMARTS) is 1. The van der Waals surface area contributed by atoms with Crippen LogP contribution in [0.1, 0.15) is 18.5 Å². The Morgan fingerprint density at radius 2 is 2.00 bits per heavy atom. The fraction of sp³-hybridized carbons (Fsp3) is 0.250. The molecule has 0 bridgehead atoms. The van der Waals surface area contributed by atoms with Gasteiger partial charge in [-0.3, -0.25) is 9.78 Å². The highest BCUT2D eigenvalue weighted by Crippen LogP contribution is 2.38. The SMILES string of the molecule is O=C(O)[C@H]1CCCN(c2nc(NCc3ccccn3)c3c(-c4ccccc4)csc3n2)C1. The molecule has 1 atom stereocenters. The summed E-state index contributed by atoms with van der Waals surface area (Å²) in [6, 6.07) is 16.0. The van der Waals surface area contributed by atoms with Gasteiger partial charge in [-0.15, -0.1) is 11.3 Å². The molecule has 1 aliphatic rings. The molecule has 8 heteroatoms. The number of hydrogen-bond acceptors (Lipinski definition) is 7. The van der Waals surface area contributed by atoms with Crippen molar-refractivity contribution in [1.29, 1.82) is 0 Å². The highest BCUT2D eigenvalue weighted by atomic mass is 32.1. The highest BCUT2D eigenvalue weighted by Gasteiger charge is 2.28. The average Bonchev–Trinajstić information content (AvgIpc) is 3.28. The molecule has 7 nitrogen and oxygen atoms in total. The van der Waals surface area contributed by atoms with Crippen LogP contribution in [-0.2, 0) is 11.3 Å². The number of rotatable bonds is 6. The summed E-state index contributed by atoms with van der Waals surface area (Å²) in [5, 5.41) is 16.0. The van der Waals surface area contributed by atoms with Crippen LogP contribution >= 0.6 is 11.3 Å². The molecule has 2 N–H and O–H groups in total. The number of nitrogens with zero attached hydrogens (tertiary/aromatic N) is 4. The van der Waals surface area contributed by atoms with Gasteiger partial charge in [0.1, 0.15) is 10.6 Å². The zero-order valence-electron chi connectivity index (χ0n) is 17.4. The third-order valence-electron chi connectivity index (χ3n) is 5.72. The van der Waals surface area contributed by atoms with Crippen LogP contribution in [-0.4, -0.2) is 39.1 Å². The maximum Gasteiger partial charge on any atom is 0.308 e. The van der Waals surface area contributed by atoms with Crippen molar-refractivity contribution < 1.29 is 9.90 Å². The molecule has 0 spiro atoms. The molecule has 3 aromatic heterocycles. The van der Waals surface area contributed by atoms with E-state index in [2.05, 4.69) is 27.8 Å². The monoisotopic (exact) mass is 445 g/mol. The lowest BCUT2D eigenvalue weighted by molar-refractivity contribution is -0.141. The Hall–Kier alpha value is -3.52. The molecule has 5 rings (SSSR count). The largest absolute Gasteiger partial charge is 0.481 e. The van der Waals surface area contributed by atoms with Gasteiger partial charge in [-0.25, -0.2) is 4.98 Å². The van der Waals surface area contributed by atoms with Crippen molar-refractivity contribution >= 4 is 39.3 Å². The van der Waals surface area contributed by atoms with E-state index in [9.17, 15) is 9.90 Å². The molecule has 1 aliphatic heterocycles. The number of carbonyl (C=O) groups is 1. The van der Waals surface area contributed by atoms with Crippen LogP contribution in [0.3, 0.4) is 0 Å². The van der Waals surface area contributed by atoms with E-state index in [1.54, 1.807) is 17.5 Å². The van der Waals surface area contributed by atoms with Crippen molar-refractivity contribution in [3.05, 3.63) is 65.8 Å². The summed E-state index contributed by atoms with van der Waals surface area (Å²) in [4.78, 5) is 28.6. The Morgan fingerprint density at radius 1 is 1.16 bits per heavy atom. The Kier molecular flexibility index (Phi) is 5.68. The predicted molar refractivity (Wildman–Crippen MR) is 127 cm³/mol. The molecule has 4 aromatic rings. The lowest BCUT2D eigenvalue weighted by atomic mass is 9.99. The van der Waals surface area contributed by atoms with E-state index in [0.29, 0.717) is 25.5 Å². The van der Waals surface area contributed by atoms with Gasteiger partial charge in [0.05, 0.1) is 23.5 Å². The van der Waals surface area contributed by atoms with E-state index in [4.69, 9.17) is 9.97 Å². The smallest absolute Gasteiger partial charge is 0.308 e. The first-order valence-corrected chi connectivity index (χ1v) is 11.5. The van der Waals surface area contributed by atoms with Crippen molar-refractivity contribution in [1.82, 2.24) is 15.0 Å². The van der Waals surface area contributed by atoms with E-state index < -0.39 is 11.9 Å². The number of benzene rings is 1. The van der Waals surface area contributed by atoms with Crippen molar-refractivity contribution in [2.45, 2.75) is 19.4 Å². The molecule has 0 saturated carbocycles. The summed E-state index contributed by atoms with van der Waals surface area (Å²) >= 11 is 1.58. The molecule has 162 valence electrons. The van der Waals surface area contributed by atoms with Crippen LogP contribution in [0.5, 0.6) is 0 Å². The molecule has 0 unspecified atom stereocenters. The molecule has 32 heavy (non-hydrogen) atoms. The number of anilines is 2. The van der Waals surface area contributed by atoms with Gasteiger partial charge in [0, 0.05) is 30.2 Å². The van der Waals surface area contributed by atoms with E-state index in [1.165, 1.54) is 0 Å². The van der Waals surface area contributed by atoms with E-state index in [0.717, 1.165) is 45.8 Å². The average molecular weight is 446 g/mol. The van der Waals surface area contributed by atoms with E-state index >= 15 is 0 Å². The first kappa shape index (κ1) is 20.4. The second-order valence-electron chi connectivity index (χ2n) is 7.87. The Balaban J connectivity index is 1.56. The molecule has 0 aliphatic carbocycles. The predicted octanol–water partition coefficient (Wildman–Crippen LogP) is 4.67. The number of hydrogen-bond donors (Lipinski definition) is 2. The second-order valence-corrected chi connectivity index (χ2v) is 8.72. The molecule has 1 saturated heterocycles. The van der Waals surface area contributed by atoms with Gasteiger partial charge in [0.2, 0.25) is 5.95 Å².